The van der Waals surface area contributed by atoms with Gasteiger partial charge in [0.1, 0.15) is 29.8 Å². The van der Waals surface area contributed by atoms with Crippen LogP contribution in [0.1, 0.15) is 50.5 Å². The molecule has 3 aromatic heterocycles. The van der Waals surface area contributed by atoms with Crippen LogP contribution in [0.2, 0.25) is 5.02 Å². The van der Waals surface area contributed by atoms with Crippen LogP contribution in [0.3, 0.4) is 0 Å². The molecule has 1 aromatic carbocycles. The first kappa shape index (κ1) is 29.4. The smallest absolute Gasteiger partial charge is 0.319 e. The second kappa shape index (κ2) is 11.7. The van der Waals surface area contributed by atoms with Gasteiger partial charge >= 0.3 is 6.01 Å². The third kappa shape index (κ3) is 5.26. The lowest BCUT2D eigenvalue weighted by Gasteiger charge is -2.34. The van der Waals surface area contributed by atoms with E-state index >= 15 is 4.39 Å². The molecule has 4 aromatic rings. The second-order valence-electron chi connectivity index (χ2n) is 13.1. The molecule has 0 aliphatic carbocycles. The van der Waals surface area contributed by atoms with Gasteiger partial charge in [0.2, 0.25) is 0 Å². The number of nitrogens with one attached hydrogen (secondary N) is 1. The Morgan fingerprint density at radius 2 is 2.04 bits per heavy atom. The van der Waals surface area contributed by atoms with Gasteiger partial charge in [-0.3, -0.25) is 19.2 Å². The van der Waals surface area contributed by atoms with E-state index in [9.17, 15) is 8.60 Å². The van der Waals surface area contributed by atoms with Crippen LogP contribution >= 0.6 is 11.6 Å². The summed E-state index contributed by atoms with van der Waals surface area (Å²) in [5.41, 5.74) is 1.92. The highest BCUT2D eigenvalue weighted by molar-refractivity contribution is 7.84. The van der Waals surface area contributed by atoms with Crippen LogP contribution in [0, 0.1) is 11.7 Å². The molecule has 9 rings (SSSR count). The molecule has 3 saturated heterocycles. The van der Waals surface area contributed by atoms with Crippen molar-refractivity contribution in [2.45, 2.75) is 63.1 Å². The summed E-state index contributed by atoms with van der Waals surface area (Å²) in [4.78, 5) is 18.5. The van der Waals surface area contributed by atoms with Gasteiger partial charge in [-0.1, -0.05) is 11.6 Å². The number of halogens is 3. The number of rotatable bonds is 3. The van der Waals surface area contributed by atoms with E-state index in [0.29, 0.717) is 64.7 Å². The number of pyridine rings is 1. The average Bonchev–Trinajstić information content (AvgIpc) is 3.72. The number of hydrogen-bond donors (Lipinski definition) is 1. The Morgan fingerprint density at radius 1 is 1.13 bits per heavy atom. The van der Waals surface area contributed by atoms with Gasteiger partial charge in [0.25, 0.3) is 0 Å². The summed E-state index contributed by atoms with van der Waals surface area (Å²) in [6, 6.07) is 1.89. The minimum Gasteiger partial charge on any atom is -0.461 e. The fourth-order valence-corrected chi connectivity index (χ4v) is 9.86. The normalized spacial score (nSPS) is 27.4. The highest BCUT2D eigenvalue weighted by atomic mass is 35.5. The Labute approximate surface area is 267 Å². The SMILES string of the molecule is O=S1CCCCc2c(Cl)cc3[nH]ncc3c2-c2ncc3c(nc(OC[C@@]45CCCN4C[C@H](F)C5)nc3c2F)N2CCC[C@H](C2)C1. The quantitative estimate of drug-likeness (QED) is 0.304. The number of benzene rings is 1. The first-order valence-corrected chi connectivity index (χ1v) is 17.9. The van der Waals surface area contributed by atoms with Crippen LogP contribution in [0.5, 0.6) is 6.01 Å². The minimum atomic E-state index is -0.946. The number of fused-ring (bicyclic) bond motifs is 8. The predicted molar refractivity (Wildman–Crippen MR) is 172 cm³/mol. The summed E-state index contributed by atoms with van der Waals surface area (Å²) >= 11 is 6.82. The van der Waals surface area contributed by atoms with E-state index in [2.05, 4.69) is 25.0 Å². The van der Waals surface area contributed by atoms with Crippen molar-refractivity contribution in [3.05, 3.63) is 34.9 Å². The van der Waals surface area contributed by atoms with Gasteiger partial charge in [0.15, 0.2) is 5.82 Å². The molecule has 45 heavy (non-hydrogen) atoms. The van der Waals surface area contributed by atoms with Gasteiger partial charge in [-0.25, -0.2) is 8.78 Å². The molecule has 5 aliphatic heterocycles. The van der Waals surface area contributed by atoms with Gasteiger partial charge in [-0.2, -0.15) is 15.1 Å². The topological polar surface area (TPSA) is 100 Å². The number of aromatic amines is 1. The van der Waals surface area contributed by atoms with E-state index in [1.54, 1.807) is 12.4 Å². The summed E-state index contributed by atoms with van der Waals surface area (Å²) in [6.45, 7) is 2.90. The number of hydrogen-bond acceptors (Lipinski definition) is 8. The molecule has 0 amide bonds. The largest absolute Gasteiger partial charge is 0.461 e. The Bertz CT molecular complexity index is 1810. The van der Waals surface area contributed by atoms with Gasteiger partial charge in [-0.05, 0) is 69.0 Å². The minimum absolute atomic E-state index is 0.0728. The maximum Gasteiger partial charge on any atom is 0.319 e. The van der Waals surface area contributed by atoms with Crippen molar-refractivity contribution in [1.82, 2.24) is 30.0 Å². The maximum atomic E-state index is 17.0. The van der Waals surface area contributed by atoms with Crippen molar-refractivity contribution >= 4 is 50.0 Å². The number of aromatic nitrogens is 5. The molecular weight excluding hydrogens is 620 g/mol. The zero-order valence-corrected chi connectivity index (χ0v) is 26.6. The molecule has 6 bridgehead atoms. The van der Waals surface area contributed by atoms with Gasteiger partial charge in [0.05, 0.1) is 22.6 Å². The molecule has 238 valence electrons. The molecule has 9 nitrogen and oxygen atoms in total. The highest BCUT2D eigenvalue weighted by Crippen LogP contribution is 2.42. The Morgan fingerprint density at radius 3 is 2.96 bits per heavy atom. The Balaban J connectivity index is 1.29. The molecule has 0 saturated carbocycles. The van der Waals surface area contributed by atoms with E-state index in [1.165, 1.54) is 0 Å². The van der Waals surface area contributed by atoms with E-state index in [0.717, 1.165) is 62.6 Å². The summed E-state index contributed by atoms with van der Waals surface area (Å²) in [6.07, 6.45) is 8.71. The standard InChI is InChI=1S/C32H36ClF2N7O2S/c33-24-11-25-22(14-37-40-25)26-21(24)6-1-2-10-45(43)17-19-5-3-8-41(15-19)30-23-13-36-29(26)27(35)28(23)38-31(39-30)44-18-32-7-4-9-42(32)16-20(34)12-32/h11,13-14,19-20H,1-10,12,15-18H2,(H,37,40)/t19-,20-,32+,45?/m1/s1. The number of H-pyrrole nitrogens is 1. The van der Waals surface area contributed by atoms with Crippen molar-refractivity contribution in [3.63, 3.8) is 0 Å². The molecular formula is C32H36ClF2N7O2S. The molecule has 5 aliphatic rings. The third-order valence-electron chi connectivity index (χ3n) is 10.2. The van der Waals surface area contributed by atoms with Gasteiger partial charge < -0.3 is 9.64 Å². The van der Waals surface area contributed by atoms with Crippen molar-refractivity contribution in [3.8, 4) is 17.3 Å². The lowest BCUT2D eigenvalue weighted by Crippen LogP contribution is -2.43. The van der Waals surface area contributed by atoms with Crippen LogP contribution in [0.25, 0.3) is 33.1 Å². The van der Waals surface area contributed by atoms with E-state index in [1.807, 2.05) is 6.07 Å². The van der Waals surface area contributed by atoms with Crippen LogP contribution in [0.15, 0.2) is 18.5 Å². The molecule has 0 spiro atoms. The third-order valence-corrected chi connectivity index (χ3v) is 12.1. The van der Waals surface area contributed by atoms with E-state index in [-0.39, 0.29) is 29.7 Å². The molecule has 8 heterocycles. The Hall–Kier alpha value is -2.96. The molecule has 1 unspecified atom stereocenters. The van der Waals surface area contributed by atoms with Gasteiger partial charge in [0, 0.05) is 70.5 Å². The summed E-state index contributed by atoms with van der Waals surface area (Å²) < 4.78 is 50.9. The number of ether oxygens (including phenoxy) is 1. The fourth-order valence-electron chi connectivity index (χ4n) is 8.07. The lowest BCUT2D eigenvalue weighted by molar-refractivity contribution is 0.107. The van der Waals surface area contributed by atoms with Crippen molar-refractivity contribution in [2.24, 2.45) is 5.92 Å². The van der Waals surface area contributed by atoms with Crippen LogP contribution in [-0.2, 0) is 17.2 Å². The molecule has 13 heteroatoms. The number of anilines is 1. The zero-order valence-electron chi connectivity index (χ0n) is 25.0. The number of nitrogens with zero attached hydrogens (tertiary/aromatic N) is 6. The summed E-state index contributed by atoms with van der Waals surface area (Å²) in [5, 5.41) is 8.89. The number of piperidine rings is 1. The summed E-state index contributed by atoms with van der Waals surface area (Å²) in [5.74, 6) is 1.46. The van der Waals surface area contributed by atoms with Crippen LogP contribution in [-0.4, -0.2) is 90.3 Å². The first-order chi connectivity index (χ1) is 21.9. The first-order valence-electron chi connectivity index (χ1n) is 16.0. The predicted octanol–water partition coefficient (Wildman–Crippen LogP) is 5.62. The van der Waals surface area contributed by atoms with Crippen molar-refractivity contribution in [2.75, 3.05) is 49.2 Å². The zero-order chi connectivity index (χ0) is 30.7. The van der Waals surface area contributed by atoms with Crippen molar-refractivity contribution in [1.29, 1.82) is 0 Å². The lowest BCUT2D eigenvalue weighted by atomic mass is 9.95. The average molecular weight is 656 g/mol. The van der Waals surface area contributed by atoms with E-state index in [4.69, 9.17) is 26.3 Å². The molecule has 3 fully saturated rings. The molecule has 1 N–H and O–H groups in total. The van der Waals surface area contributed by atoms with Crippen LogP contribution in [0.4, 0.5) is 14.6 Å². The fraction of sp³-hybridized carbons (Fsp3) is 0.562. The summed E-state index contributed by atoms with van der Waals surface area (Å²) in [7, 11) is -0.946. The van der Waals surface area contributed by atoms with Crippen LogP contribution < -0.4 is 9.64 Å². The monoisotopic (exact) mass is 655 g/mol. The Kier molecular flexibility index (Phi) is 7.64. The number of alkyl halides is 1. The molecule has 4 atom stereocenters. The highest BCUT2D eigenvalue weighted by Gasteiger charge is 2.49. The maximum absolute atomic E-state index is 17.0. The van der Waals surface area contributed by atoms with Crippen molar-refractivity contribution < 1.29 is 17.7 Å². The second-order valence-corrected chi connectivity index (χ2v) is 15.2. The molecule has 0 radical (unpaired) electrons. The van der Waals surface area contributed by atoms with E-state index < -0.39 is 28.3 Å². The van der Waals surface area contributed by atoms with Gasteiger partial charge in [-0.15, -0.1) is 0 Å².